The lowest BCUT2D eigenvalue weighted by atomic mass is 10.1. The van der Waals surface area contributed by atoms with Gasteiger partial charge in [-0.05, 0) is 67.8 Å². The van der Waals surface area contributed by atoms with Gasteiger partial charge in [-0.3, -0.25) is 4.90 Å². The first-order valence-corrected chi connectivity index (χ1v) is 12.3. The van der Waals surface area contributed by atoms with Crippen molar-refractivity contribution in [3.05, 3.63) is 42.0 Å². The zero-order valence-electron chi connectivity index (χ0n) is 18.4. The normalized spacial score (nSPS) is 29.4. The number of hydrogen-bond donors (Lipinski definition) is 0. The summed E-state index contributed by atoms with van der Waals surface area (Å²) in [6.07, 6.45) is 12.3. The van der Waals surface area contributed by atoms with Crippen molar-refractivity contribution in [2.75, 3.05) is 45.9 Å². The molecule has 3 atom stereocenters. The summed E-state index contributed by atoms with van der Waals surface area (Å²) >= 11 is 0. The second-order valence-electron chi connectivity index (χ2n) is 9.85. The van der Waals surface area contributed by atoms with Gasteiger partial charge in [-0.1, -0.05) is 30.7 Å². The van der Waals surface area contributed by atoms with Crippen LogP contribution in [0.3, 0.4) is 0 Å². The Hall–Kier alpha value is -1.36. The fraction of sp³-hybridized carbons (Fsp3) is 0.692. The van der Waals surface area contributed by atoms with Gasteiger partial charge < -0.3 is 14.4 Å². The zero-order valence-corrected chi connectivity index (χ0v) is 18.4. The third-order valence-corrected chi connectivity index (χ3v) is 7.54. The number of hydrogen-bond acceptors (Lipinski definition) is 4. The van der Waals surface area contributed by atoms with Crippen LogP contribution >= 0.6 is 0 Å². The Balaban J connectivity index is 0.970. The van der Waals surface area contributed by atoms with Gasteiger partial charge in [0.25, 0.3) is 0 Å². The summed E-state index contributed by atoms with van der Waals surface area (Å²) in [5, 5.41) is 0. The van der Waals surface area contributed by atoms with Gasteiger partial charge in [0.2, 0.25) is 0 Å². The fourth-order valence-electron chi connectivity index (χ4n) is 5.76. The Morgan fingerprint density at radius 3 is 2.53 bits per heavy atom. The Bertz CT molecular complexity index is 695. The molecule has 164 valence electrons. The number of nitrogens with zero attached hydrogens (tertiary/aromatic N) is 2. The summed E-state index contributed by atoms with van der Waals surface area (Å²) in [5.41, 5.74) is 1.38. The molecular weight excluding hydrogens is 372 g/mol. The lowest BCUT2D eigenvalue weighted by Crippen LogP contribution is -2.31. The molecule has 5 rings (SSSR count). The Kier molecular flexibility index (Phi) is 6.74. The molecule has 2 aliphatic carbocycles. The molecule has 0 bridgehead atoms. The second kappa shape index (κ2) is 9.84. The van der Waals surface area contributed by atoms with Gasteiger partial charge in [0.05, 0.1) is 6.61 Å². The highest BCUT2D eigenvalue weighted by molar-refractivity contribution is 5.29. The molecule has 1 saturated carbocycles. The monoisotopic (exact) mass is 410 g/mol. The lowest BCUT2D eigenvalue weighted by molar-refractivity contribution is 0.0967. The number of likely N-dealkylation sites (tertiary alicyclic amines) is 2. The SMILES string of the molecule is C1=CCC(Oc2cccc(CN3C[C@@H]4[C@@H](COCCCN5CCCCC5)[C@@H]4C3)c2)C1. The van der Waals surface area contributed by atoms with Crippen molar-refractivity contribution in [1.82, 2.24) is 9.80 Å². The van der Waals surface area contributed by atoms with Gasteiger partial charge >= 0.3 is 0 Å². The quantitative estimate of drug-likeness (QED) is 0.423. The van der Waals surface area contributed by atoms with Gasteiger partial charge in [0, 0.05) is 45.6 Å². The fourth-order valence-corrected chi connectivity index (χ4v) is 5.76. The summed E-state index contributed by atoms with van der Waals surface area (Å²) in [4.78, 5) is 5.24. The summed E-state index contributed by atoms with van der Waals surface area (Å²) in [7, 11) is 0. The van der Waals surface area contributed by atoms with E-state index in [1.165, 1.54) is 64.0 Å². The maximum Gasteiger partial charge on any atom is 0.120 e. The van der Waals surface area contributed by atoms with Gasteiger partial charge in [-0.25, -0.2) is 0 Å². The number of rotatable bonds is 10. The van der Waals surface area contributed by atoms with Crippen molar-refractivity contribution < 1.29 is 9.47 Å². The van der Waals surface area contributed by atoms with Gasteiger partial charge in [0.15, 0.2) is 0 Å². The largest absolute Gasteiger partial charge is 0.490 e. The Morgan fingerprint density at radius 2 is 1.73 bits per heavy atom. The minimum absolute atomic E-state index is 0.334. The minimum atomic E-state index is 0.334. The van der Waals surface area contributed by atoms with E-state index in [1.807, 2.05) is 0 Å². The van der Waals surface area contributed by atoms with Crippen LogP contribution in [0.5, 0.6) is 5.75 Å². The number of benzene rings is 1. The molecule has 2 heterocycles. The molecule has 4 heteroatoms. The molecule has 0 amide bonds. The van der Waals surface area contributed by atoms with Gasteiger partial charge in [0.1, 0.15) is 11.9 Å². The van der Waals surface area contributed by atoms with E-state index in [4.69, 9.17) is 9.47 Å². The van der Waals surface area contributed by atoms with Crippen LogP contribution in [0.1, 0.15) is 44.1 Å². The van der Waals surface area contributed by atoms with E-state index in [2.05, 4.69) is 46.2 Å². The molecule has 0 N–H and O–H groups in total. The van der Waals surface area contributed by atoms with Gasteiger partial charge in [-0.15, -0.1) is 0 Å². The van der Waals surface area contributed by atoms with Crippen molar-refractivity contribution in [1.29, 1.82) is 0 Å². The predicted molar refractivity (Wildman–Crippen MR) is 121 cm³/mol. The first-order chi connectivity index (χ1) is 14.8. The molecule has 0 aromatic heterocycles. The van der Waals surface area contributed by atoms with E-state index in [0.29, 0.717) is 6.10 Å². The van der Waals surface area contributed by atoms with Crippen molar-refractivity contribution in [2.45, 2.75) is 51.2 Å². The van der Waals surface area contributed by atoms with Crippen LogP contribution in [0.4, 0.5) is 0 Å². The van der Waals surface area contributed by atoms with Crippen LogP contribution in [-0.2, 0) is 11.3 Å². The molecule has 2 aliphatic heterocycles. The maximum atomic E-state index is 6.13. The topological polar surface area (TPSA) is 24.9 Å². The van der Waals surface area contributed by atoms with E-state index in [0.717, 1.165) is 56.1 Å². The first-order valence-electron chi connectivity index (χ1n) is 12.3. The molecule has 0 radical (unpaired) electrons. The number of fused-ring (bicyclic) bond motifs is 1. The molecule has 4 nitrogen and oxygen atoms in total. The van der Waals surface area contributed by atoms with E-state index in [1.54, 1.807) is 0 Å². The Labute approximate surface area is 182 Å². The summed E-state index contributed by atoms with van der Waals surface area (Å²) in [6, 6.07) is 8.73. The molecule has 4 aliphatic rings. The maximum absolute atomic E-state index is 6.13. The van der Waals surface area contributed by atoms with Crippen LogP contribution in [0.2, 0.25) is 0 Å². The molecule has 0 spiro atoms. The standard InChI is InChI=1S/C26H38N2O2/c1-4-12-27(13-5-1)14-7-15-29-20-26-24-18-28(19-25(24)26)17-21-8-6-11-23(16-21)30-22-9-2-3-10-22/h2-3,6,8,11,16,22,24-26H,1,4-5,7,9-10,12-15,17-20H2/t24-,25+,26+. The van der Waals surface area contributed by atoms with Gasteiger partial charge in [-0.2, -0.15) is 0 Å². The molecule has 3 fully saturated rings. The average Bonchev–Trinajstić information content (AvgIpc) is 3.13. The number of ether oxygens (including phenoxy) is 2. The lowest BCUT2D eigenvalue weighted by Gasteiger charge is -2.26. The zero-order chi connectivity index (χ0) is 20.2. The average molecular weight is 411 g/mol. The van der Waals surface area contributed by atoms with Crippen molar-refractivity contribution in [3.63, 3.8) is 0 Å². The highest BCUT2D eigenvalue weighted by atomic mass is 16.5. The second-order valence-corrected chi connectivity index (χ2v) is 9.85. The van der Waals surface area contributed by atoms with Crippen molar-refractivity contribution in [3.8, 4) is 5.75 Å². The van der Waals surface area contributed by atoms with Crippen LogP contribution in [0, 0.1) is 17.8 Å². The molecular formula is C26H38N2O2. The van der Waals surface area contributed by atoms with Crippen LogP contribution in [-0.4, -0.2) is 61.8 Å². The third kappa shape index (κ3) is 5.27. The predicted octanol–water partition coefficient (Wildman–Crippen LogP) is 4.35. The van der Waals surface area contributed by atoms with E-state index in [9.17, 15) is 0 Å². The highest BCUT2D eigenvalue weighted by Gasteiger charge is 2.55. The molecule has 0 unspecified atom stereocenters. The van der Waals surface area contributed by atoms with E-state index in [-0.39, 0.29) is 0 Å². The summed E-state index contributed by atoms with van der Waals surface area (Å²) in [5.74, 6) is 3.59. The molecule has 2 saturated heterocycles. The Morgan fingerprint density at radius 1 is 0.933 bits per heavy atom. The highest BCUT2D eigenvalue weighted by Crippen LogP contribution is 2.52. The van der Waals surface area contributed by atoms with Crippen LogP contribution in [0.25, 0.3) is 0 Å². The summed E-state index contributed by atoms with van der Waals surface area (Å²) in [6.45, 7) is 9.29. The summed E-state index contributed by atoms with van der Waals surface area (Å²) < 4.78 is 12.2. The first kappa shape index (κ1) is 20.5. The minimum Gasteiger partial charge on any atom is -0.490 e. The van der Waals surface area contributed by atoms with Crippen molar-refractivity contribution in [2.24, 2.45) is 17.8 Å². The van der Waals surface area contributed by atoms with E-state index < -0.39 is 0 Å². The molecule has 1 aromatic rings. The van der Waals surface area contributed by atoms with E-state index >= 15 is 0 Å². The smallest absolute Gasteiger partial charge is 0.120 e. The van der Waals surface area contributed by atoms with Crippen LogP contribution in [0.15, 0.2) is 36.4 Å². The third-order valence-electron chi connectivity index (χ3n) is 7.54. The number of piperidine rings is 2. The van der Waals surface area contributed by atoms with Crippen LogP contribution < -0.4 is 4.74 Å². The molecule has 30 heavy (non-hydrogen) atoms. The molecule has 1 aromatic carbocycles. The van der Waals surface area contributed by atoms with Crippen molar-refractivity contribution >= 4 is 0 Å².